The Morgan fingerprint density at radius 3 is 2.50 bits per heavy atom. The van der Waals surface area contributed by atoms with Crippen LogP contribution in [0.15, 0.2) is 30.6 Å². The maximum absolute atomic E-state index is 12.3. The van der Waals surface area contributed by atoms with E-state index in [0.717, 1.165) is 11.1 Å². The average Bonchev–Trinajstić information content (AvgIpc) is 2.40. The second-order valence-electron chi connectivity index (χ2n) is 4.43. The summed E-state index contributed by atoms with van der Waals surface area (Å²) in [4.78, 5) is 8.19. The zero-order valence-corrected chi connectivity index (χ0v) is 11.2. The number of aromatic nitrogens is 2. The second kappa shape index (κ2) is 6.27. The van der Waals surface area contributed by atoms with Gasteiger partial charge in [-0.05, 0) is 25.5 Å². The van der Waals surface area contributed by atoms with Gasteiger partial charge in [0.25, 0.3) is 0 Å². The van der Waals surface area contributed by atoms with Crippen LogP contribution in [0.4, 0.5) is 14.7 Å². The number of alkyl halides is 2. The fourth-order valence-electron chi connectivity index (χ4n) is 1.72. The number of benzene rings is 1. The number of nitrogens with one attached hydrogen (secondary N) is 1. The summed E-state index contributed by atoms with van der Waals surface area (Å²) in [5.41, 5.74) is 2.55. The van der Waals surface area contributed by atoms with Crippen LogP contribution in [0.25, 0.3) is 0 Å². The van der Waals surface area contributed by atoms with Crippen molar-refractivity contribution in [1.29, 1.82) is 0 Å². The summed E-state index contributed by atoms with van der Waals surface area (Å²) in [7, 11) is 0. The van der Waals surface area contributed by atoms with Crippen molar-refractivity contribution in [1.82, 2.24) is 9.97 Å². The van der Waals surface area contributed by atoms with Crippen molar-refractivity contribution in [3.63, 3.8) is 0 Å². The van der Waals surface area contributed by atoms with Gasteiger partial charge in [0.15, 0.2) is 0 Å². The Balaban J connectivity index is 2.11. The number of anilines is 1. The molecule has 0 aliphatic rings. The van der Waals surface area contributed by atoms with Crippen LogP contribution >= 0.6 is 0 Å². The summed E-state index contributed by atoms with van der Waals surface area (Å²) in [5, 5.41) is 2.98. The van der Waals surface area contributed by atoms with E-state index in [0.29, 0.717) is 18.1 Å². The molecule has 106 valence electrons. The van der Waals surface area contributed by atoms with Gasteiger partial charge in [-0.1, -0.05) is 17.7 Å². The largest absolute Gasteiger partial charge is 0.434 e. The number of hydrogen-bond donors (Lipinski definition) is 1. The maximum Gasteiger partial charge on any atom is 0.387 e. The summed E-state index contributed by atoms with van der Waals surface area (Å²) >= 11 is 0. The van der Waals surface area contributed by atoms with Crippen LogP contribution in [0.3, 0.4) is 0 Å². The average molecular weight is 279 g/mol. The van der Waals surface area contributed by atoms with E-state index in [4.69, 9.17) is 0 Å². The molecular formula is C14H15F2N3O. The van der Waals surface area contributed by atoms with Gasteiger partial charge in [-0.2, -0.15) is 8.78 Å². The normalized spacial score (nSPS) is 10.7. The Kier molecular flexibility index (Phi) is 4.45. The quantitative estimate of drug-likeness (QED) is 0.912. The van der Waals surface area contributed by atoms with Crippen molar-refractivity contribution in [2.75, 3.05) is 5.32 Å². The van der Waals surface area contributed by atoms with Gasteiger partial charge in [0.2, 0.25) is 5.95 Å². The van der Waals surface area contributed by atoms with Gasteiger partial charge in [-0.15, -0.1) is 0 Å². The highest BCUT2D eigenvalue weighted by atomic mass is 19.3. The Hall–Kier alpha value is -2.24. The molecule has 0 amide bonds. The molecule has 0 saturated heterocycles. The minimum absolute atomic E-state index is 0.158. The first-order valence-electron chi connectivity index (χ1n) is 6.11. The molecule has 0 bridgehead atoms. The van der Waals surface area contributed by atoms with E-state index in [1.54, 1.807) is 24.5 Å². The third-order valence-corrected chi connectivity index (χ3v) is 2.65. The molecule has 0 spiro atoms. The molecule has 0 aliphatic carbocycles. The molecule has 1 aromatic heterocycles. The van der Waals surface area contributed by atoms with E-state index in [2.05, 4.69) is 20.0 Å². The van der Waals surface area contributed by atoms with Gasteiger partial charge in [-0.3, -0.25) is 0 Å². The van der Waals surface area contributed by atoms with E-state index in [1.807, 2.05) is 13.8 Å². The Morgan fingerprint density at radius 2 is 1.85 bits per heavy atom. The number of hydrogen-bond acceptors (Lipinski definition) is 4. The standard InChI is InChI=1S/C14H15F2N3O/c1-9-3-4-12(20-13(15)16)11(5-9)8-19-14-17-6-10(2)7-18-14/h3-7,13H,8H2,1-2H3,(H,17,18,19). The number of halogens is 2. The summed E-state index contributed by atoms with van der Waals surface area (Å²) in [6.45, 7) is 1.25. The molecule has 0 unspecified atom stereocenters. The van der Waals surface area contributed by atoms with Crippen LogP contribution in [-0.4, -0.2) is 16.6 Å². The molecule has 4 nitrogen and oxygen atoms in total. The number of nitrogens with zero attached hydrogens (tertiary/aromatic N) is 2. The van der Waals surface area contributed by atoms with Crippen molar-refractivity contribution < 1.29 is 13.5 Å². The van der Waals surface area contributed by atoms with Crippen LogP contribution in [0.2, 0.25) is 0 Å². The molecule has 2 rings (SSSR count). The molecule has 1 aromatic carbocycles. The predicted octanol–water partition coefficient (Wildman–Crippen LogP) is 3.31. The minimum atomic E-state index is -2.84. The smallest absolute Gasteiger partial charge is 0.387 e. The molecule has 0 aliphatic heterocycles. The van der Waals surface area contributed by atoms with Crippen molar-refractivity contribution in [3.8, 4) is 5.75 Å². The van der Waals surface area contributed by atoms with Crippen molar-refractivity contribution in [2.45, 2.75) is 27.0 Å². The Bertz CT molecular complexity index is 573. The lowest BCUT2D eigenvalue weighted by atomic mass is 10.1. The van der Waals surface area contributed by atoms with Gasteiger partial charge in [-0.25, -0.2) is 9.97 Å². The molecule has 1 N–H and O–H groups in total. The van der Waals surface area contributed by atoms with Gasteiger partial charge in [0.05, 0.1) is 0 Å². The lowest BCUT2D eigenvalue weighted by Gasteiger charge is -2.12. The van der Waals surface area contributed by atoms with Crippen molar-refractivity contribution >= 4 is 5.95 Å². The highest BCUT2D eigenvalue weighted by molar-refractivity contribution is 5.39. The van der Waals surface area contributed by atoms with Gasteiger partial charge < -0.3 is 10.1 Å². The molecule has 2 aromatic rings. The maximum atomic E-state index is 12.3. The number of ether oxygens (including phenoxy) is 1. The Labute approximate surface area is 115 Å². The number of rotatable bonds is 5. The third-order valence-electron chi connectivity index (χ3n) is 2.65. The molecule has 1 heterocycles. The van der Waals surface area contributed by atoms with E-state index in [9.17, 15) is 8.78 Å². The highest BCUT2D eigenvalue weighted by Crippen LogP contribution is 2.22. The van der Waals surface area contributed by atoms with Gasteiger partial charge in [0, 0.05) is 24.5 Å². The van der Waals surface area contributed by atoms with Gasteiger partial charge >= 0.3 is 6.61 Å². The van der Waals surface area contributed by atoms with E-state index < -0.39 is 6.61 Å². The molecule has 20 heavy (non-hydrogen) atoms. The van der Waals surface area contributed by atoms with Gasteiger partial charge in [0.1, 0.15) is 5.75 Å². The summed E-state index contributed by atoms with van der Waals surface area (Å²) < 4.78 is 29.2. The molecular weight excluding hydrogens is 264 g/mol. The fourth-order valence-corrected chi connectivity index (χ4v) is 1.72. The fraction of sp³-hybridized carbons (Fsp3) is 0.286. The summed E-state index contributed by atoms with van der Waals surface area (Å²) in [5.74, 6) is 0.602. The Morgan fingerprint density at radius 1 is 1.15 bits per heavy atom. The first-order chi connectivity index (χ1) is 9.54. The van der Waals surface area contributed by atoms with Crippen molar-refractivity contribution in [2.24, 2.45) is 0 Å². The zero-order valence-electron chi connectivity index (χ0n) is 11.2. The second-order valence-corrected chi connectivity index (χ2v) is 4.43. The van der Waals surface area contributed by atoms with Crippen LogP contribution in [0.1, 0.15) is 16.7 Å². The lowest BCUT2D eigenvalue weighted by molar-refractivity contribution is -0.0504. The van der Waals surface area contributed by atoms with Crippen LogP contribution in [0, 0.1) is 13.8 Å². The molecule has 0 saturated carbocycles. The molecule has 0 fully saturated rings. The van der Waals surface area contributed by atoms with E-state index >= 15 is 0 Å². The minimum Gasteiger partial charge on any atom is -0.434 e. The van der Waals surface area contributed by atoms with Crippen LogP contribution < -0.4 is 10.1 Å². The third kappa shape index (κ3) is 3.88. The summed E-state index contributed by atoms with van der Waals surface area (Å²) in [6.07, 6.45) is 3.37. The highest BCUT2D eigenvalue weighted by Gasteiger charge is 2.10. The first-order valence-corrected chi connectivity index (χ1v) is 6.11. The molecule has 6 heteroatoms. The van der Waals surface area contributed by atoms with Crippen LogP contribution in [-0.2, 0) is 6.54 Å². The topological polar surface area (TPSA) is 47.0 Å². The van der Waals surface area contributed by atoms with Crippen molar-refractivity contribution in [3.05, 3.63) is 47.3 Å². The van der Waals surface area contributed by atoms with E-state index in [1.165, 1.54) is 6.07 Å². The zero-order chi connectivity index (χ0) is 14.5. The monoisotopic (exact) mass is 279 g/mol. The molecule has 0 radical (unpaired) electrons. The summed E-state index contributed by atoms with van der Waals surface area (Å²) in [6, 6.07) is 5.05. The van der Waals surface area contributed by atoms with Crippen LogP contribution in [0.5, 0.6) is 5.75 Å². The SMILES string of the molecule is Cc1cnc(NCc2cc(C)ccc2OC(F)F)nc1. The predicted molar refractivity (Wildman–Crippen MR) is 71.9 cm³/mol. The molecule has 0 atom stereocenters. The van der Waals surface area contributed by atoms with E-state index in [-0.39, 0.29) is 5.75 Å². The number of aryl methyl sites for hydroxylation is 2. The first kappa shape index (κ1) is 14.2. The lowest BCUT2D eigenvalue weighted by Crippen LogP contribution is -2.08.